The summed E-state index contributed by atoms with van der Waals surface area (Å²) in [6.07, 6.45) is 9.50. The summed E-state index contributed by atoms with van der Waals surface area (Å²) in [6.45, 7) is 8.81. The molecule has 7 heterocycles. The van der Waals surface area contributed by atoms with Crippen LogP contribution in [0.25, 0.3) is 16.7 Å². The van der Waals surface area contributed by atoms with Gasteiger partial charge in [-0.3, -0.25) is 33.5 Å². The van der Waals surface area contributed by atoms with Crippen molar-refractivity contribution in [1.29, 1.82) is 0 Å². The van der Waals surface area contributed by atoms with Gasteiger partial charge in [-0.25, -0.2) is 23.1 Å². The summed E-state index contributed by atoms with van der Waals surface area (Å²) in [5.74, 6) is -0.147. The van der Waals surface area contributed by atoms with E-state index in [1.807, 2.05) is 38.1 Å². The molecule has 5 aromatic rings. The van der Waals surface area contributed by atoms with Crippen molar-refractivity contribution in [3.05, 3.63) is 70.2 Å². The van der Waals surface area contributed by atoms with Gasteiger partial charge >= 0.3 is 5.69 Å². The third-order valence-electron chi connectivity index (χ3n) is 13.5. The number of aromatic nitrogens is 7. The summed E-state index contributed by atoms with van der Waals surface area (Å²) in [7, 11) is 1.72. The van der Waals surface area contributed by atoms with E-state index in [0.717, 1.165) is 82.1 Å². The number of ether oxygens (including phenoxy) is 2. The van der Waals surface area contributed by atoms with Gasteiger partial charge < -0.3 is 24.6 Å². The number of anilines is 2. The number of imide groups is 1. The molecule has 342 valence electrons. The van der Waals surface area contributed by atoms with Crippen LogP contribution < -0.4 is 21.2 Å². The molecule has 3 aliphatic heterocycles. The Balaban J connectivity index is 0.732. The number of para-hydroxylation sites is 1. The van der Waals surface area contributed by atoms with Crippen LogP contribution >= 0.6 is 0 Å². The van der Waals surface area contributed by atoms with E-state index in [1.54, 1.807) is 28.7 Å². The Hall–Kier alpha value is -5.53. The molecule has 64 heavy (non-hydrogen) atoms. The van der Waals surface area contributed by atoms with Crippen molar-refractivity contribution in [2.75, 3.05) is 49.5 Å². The monoisotopic (exact) mass is 885 g/mol. The fourth-order valence-corrected chi connectivity index (χ4v) is 10.3. The molecule has 4 fully saturated rings. The Labute approximate surface area is 369 Å². The minimum Gasteiger partial charge on any atom is -0.378 e. The van der Waals surface area contributed by atoms with E-state index in [0.29, 0.717) is 49.0 Å². The highest BCUT2D eigenvalue weighted by Crippen LogP contribution is 2.36. The number of hydrogen-bond donors (Lipinski definition) is 2. The molecule has 0 spiro atoms. The van der Waals surface area contributed by atoms with E-state index >= 15 is 0 Å². The van der Waals surface area contributed by atoms with Gasteiger partial charge in [0.05, 0.1) is 47.3 Å². The molecule has 9 rings (SSSR count). The summed E-state index contributed by atoms with van der Waals surface area (Å²) >= 11 is 0. The van der Waals surface area contributed by atoms with Gasteiger partial charge in [0.1, 0.15) is 17.4 Å². The quantitative estimate of drug-likeness (QED) is 0.117. The average molecular weight is 886 g/mol. The third kappa shape index (κ3) is 9.06. The number of likely N-dealkylation sites (tertiary alicyclic amines) is 1. The number of amides is 3. The highest BCUT2D eigenvalue weighted by atomic mass is 19.3. The molecule has 0 radical (unpaired) electrons. The molecule has 0 bridgehead atoms. The number of nitrogens with one attached hydrogen (secondary N) is 2. The zero-order chi connectivity index (χ0) is 44.6. The molecule has 19 heteroatoms. The molecule has 3 atom stereocenters. The van der Waals surface area contributed by atoms with Crippen molar-refractivity contribution in [3.8, 4) is 0 Å². The molecule has 3 amide bonds. The van der Waals surface area contributed by atoms with Crippen LogP contribution in [0.15, 0.2) is 47.7 Å². The Morgan fingerprint density at radius 3 is 2.52 bits per heavy atom. The van der Waals surface area contributed by atoms with Crippen LogP contribution in [0.3, 0.4) is 0 Å². The second-order valence-electron chi connectivity index (χ2n) is 18.0. The van der Waals surface area contributed by atoms with Crippen LogP contribution in [-0.2, 0) is 32.5 Å². The van der Waals surface area contributed by atoms with Gasteiger partial charge in [-0.2, -0.15) is 10.2 Å². The lowest BCUT2D eigenvalue weighted by Gasteiger charge is -2.36. The molecule has 17 nitrogen and oxygen atoms in total. The predicted molar refractivity (Wildman–Crippen MR) is 234 cm³/mol. The highest BCUT2D eigenvalue weighted by Gasteiger charge is 2.33. The second kappa shape index (κ2) is 18.5. The van der Waals surface area contributed by atoms with E-state index in [2.05, 4.69) is 30.6 Å². The standard InChI is InChI=1S/C45H57F2N11O6/c1-27-23-55(24-28(2)64-27)37-17-20-56-42(50-37)33(22-48-56)43(60)49-34-26-57(52-39(34)41(46)47)31-11-9-29(10-12-31)25-54-18-15-32(16-19-54)63-21-5-7-30-6-4-8-35-40(30)53(3)45(62)58(35)36-13-14-38(59)51-44(36)61/h4,6,8,17,20,22,26-29,31-32,36,41H,5,7,9-16,18-19,21,23-25H2,1-3H3,(H,49,60)(H,51,59,61)/t27-,28-,29-,31-,36?/m1/s1. The zero-order valence-electron chi connectivity index (χ0n) is 36.6. The third-order valence-corrected chi connectivity index (χ3v) is 13.5. The van der Waals surface area contributed by atoms with Crippen LogP contribution in [0, 0.1) is 5.92 Å². The molecule has 1 unspecified atom stereocenters. The maximum atomic E-state index is 14.3. The van der Waals surface area contributed by atoms with Gasteiger partial charge in [0.2, 0.25) is 11.8 Å². The molecule has 1 aromatic carbocycles. The Kier molecular flexibility index (Phi) is 12.6. The summed E-state index contributed by atoms with van der Waals surface area (Å²) < 4.78 is 47.1. The van der Waals surface area contributed by atoms with E-state index in [-0.39, 0.29) is 53.6 Å². The van der Waals surface area contributed by atoms with E-state index < -0.39 is 30.0 Å². The fourth-order valence-electron chi connectivity index (χ4n) is 10.3. The van der Waals surface area contributed by atoms with Crippen LogP contribution in [-0.4, -0.2) is 114 Å². The average Bonchev–Trinajstić information content (AvgIpc) is 3.97. The van der Waals surface area contributed by atoms with Crippen molar-refractivity contribution in [1.82, 2.24) is 43.7 Å². The molecule has 1 saturated carbocycles. The van der Waals surface area contributed by atoms with Gasteiger partial charge in [-0.15, -0.1) is 0 Å². The van der Waals surface area contributed by atoms with Gasteiger partial charge in [-0.05, 0) is 95.2 Å². The number of rotatable bonds is 13. The minimum atomic E-state index is -2.86. The predicted octanol–water partition coefficient (Wildman–Crippen LogP) is 5.21. The van der Waals surface area contributed by atoms with Crippen LogP contribution in [0.1, 0.15) is 112 Å². The number of morpholine rings is 1. The van der Waals surface area contributed by atoms with Crippen LogP contribution in [0.2, 0.25) is 0 Å². The Bertz CT molecular complexity index is 2560. The number of halogens is 2. The van der Waals surface area contributed by atoms with E-state index in [9.17, 15) is 28.0 Å². The number of aryl methyl sites for hydroxylation is 2. The largest absolute Gasteiger partial charge is 0.378 e. The Morgan fingerprint density at radius 1 is 1.02 bits per heavy atom. The van der Waals surface area contributed by atoms with Crippen LogP contribution in [0.5, 0.6) is 0 Å². The first-order valence-corrected chi connectivity index (χ1v) is 22.7. The first-order chi connectivity index (χ1) is 30.9. The van der Waals surface area contributed by atoms with Crippen molar-refractivity contribution in [2.45, 2.75) is 115 Å². The lowest BCUT2D eigenvalue weighted by Crippen LogP contribution is -2.45. The molecule has 1 aliphatic carbocycles. The van der Waals surface area contributed by atoms with E-state index in [4.69, 9.17) is 14.5 Å². The van der Waals surface area contributed by atoms with Gasteiger partial charge in [0.25, 0.3) is 12.3 Å². The van der Waals surface area contributed by atoms with Gasteiger partial charge in [0.15, 0.2) is 11.3 Å². The number of benzene rings is 1. The minimum absolute atomic E-state index is 0.00964. The van der Waals surface area contributed by atoms with E-state index in [1.165, 1.54) is 15.3 Å². The number of imidazole rings is 1. The summed E-state index contributed by atoms with van der Waals surface area (Å²) in [5, 5.41) is 13.6. The highest BCUT2D eigenvalue weighted by molar-refractivity contribution is 6.08. The first kappa shape index (κ1) is 43.7. The molecular weight excluding hydrogens is 829 g/mol. The smallest absolute Gasteiger partial charge is 0.329 e. The summed E-state index contributed by atoms with van der Waals surface area (Å²) in [6, 6.07) is 6.87. The topological polar surface area (TPSA) is 175 Å². The maximum Gasteiger partial charge on any atom is 0.329 e. The summed E-state index contributed by atoms with van der Waals surface area (Å²) in [5.41, 5.74) is 2.30. The number of carbonyl (C=O) groups is 3. The molecule has 2 N–H and O–H groups in total. The lowest BCUT2D eigenvalue weighted by atomic mass is 9.85. The molecular formula is C45H57F2N11O6. The van der Waals surface area contributed by atoms with Crippen molar-refractivity contribution in [2.24, 2.45) is 13.0 Å². The van der Waals surface area contributed by atoms with Crippen molar-refractivity contribution in [3.63, 3.8) is 0 Å². The number of piperidine rings is 2. The molecule has 3 saturated heterocycles. The summed E-state index contributed by atoms with van der Waals surface area (Å²) in [4.78, 5) is 60.6. The van der Waals surface area contributed by atoms with Crippen LogP contribution in [0.4, 0.5) is 20.3 Å². The number of nitrogens with zero attached hydrogens (tertiary/aromatic N) is 9. The number of alkyl halides is 2. The van der Waals surface area contributed by atoms with Crippen molar-refractivity contribution >= 4 is 45.9 Å². The normalized spacial score (nSPS) is 24.0. The van der Waals surface area contributed by atoms with Crippen molar-refractivity contribution < 1.29 is 32.6 Å². The number of carbonyl (C=O) groups excluding carboxylic acids is 3. The van der Waals surface area contributed by atoms with Gasteiger partial charge in [-0.1, -0.05) is 12.1 Å². The SMILES string of the molecule is C[C@@H]1CN(c2ccn3ncc(C(=O)Nc4cn([C@H]5CC[C@H](CN6CCC(OCCCc7cccc8c7n(C)c(=O)n8C7CCC(=O)NC7=O)CC6)CC5)nc4C(F)F)c3n2)C[C@@H](C)O1. The first-order valence-electron chi connectivity index (χ1n) is 22.7. The second-order valence-corrected chi connectivity index (χ2v) is 18.0. The molecule has 4 aliphatic rings. The number of hydrogen-bond acceptors (Lipinski definition) is 11. The Morgan fingerprint density at radius 2 is 1.78 bits per heavy atom. The lowest BCUT2D eigenvalue weighted by molar-refractivity contribution is -0.135. The van der Waals surface area contributed by atoms with Gasteiger partial charge in [0, 0.05) is 65.2 Å². The zero-order valence-corrected chi connectivity index (χ0v) is 36.6. The maximum absolute atomic E-state index is 14.3. The fraction of sp³-hybridized carbons (Fsp3) is 0.578. The molecule has 4 aromatic heterocycles. The number of fused-ring (bicyclic) bond motifs is 2.